The van der Waals surface area contributed by atoms with Gasteiger partial charge in [0.05, 0.1) is 10.0 Å². The Labute approximate surface area is 126 Å². The molecule has 0 aliphatic heterocycles. The molecule has 2 unspecified atom stereocenters. The van der Waals surface area contributed by atoms with E-state index in [1.54, 1.807) is 12.3 Å². The van der Waals surface area contributed by atoms with Gasteiger partial charge in [-0.2, -0.15) is 0 Å². The molecule has 0 bridgehead atoms. The Balaban J connectivity index is 2.67. The summed E-state index contributed by atoms with van der Waals surface area (Å²) in [6, 6.07) is 1.66. The zero-order valence-electron chi connectivity index (χ0n) is 11.3. The van der Waals surface area contributed by atoms with Gasteiger partial charge in [-0.15, -0.1) is 0 Å². The molecule has 2 N–H and O–H groups in total. The van der Waals surface area contributed by atoms with E-state index in [-0.39, 0.29) is 5.25 Å². The molecule has 1 aromatic rings. The largest absolute Gasteiger partial charge is 0.369 e. The summed E-state index contributed by atoms with van der Waals surface area (Å²) in [7, 11) is -0.811. The second kappa shape index (κ2) is 7.92. The molecule has 1 aromatic heterocycles. The predicted molar refractivity (Wildman–Crippen MR) is 85.1 cm³/mol. The topological polar surface area (TPSA) is 54.0 Å². The van der Waals surface area contributed by atoms with Crippen molar-refractivity contribution in [2.24, 2.45) is 0 Å². The van der Waals surface area contributed by atoms with Crippen LogP contribution in [0.1, 0.15) is 20.3 Å². The number of hydrogen-bond donors (Lipinski definition) is 2. The van der Waals surface area contributed by atoms with E-state index < -0.39 is 10.8 Å². The van der Waals surface area contributed by atoms with Gasteiger partial charge in [-0.25, -0.2) is 4.98 Å². The third-order valence-electron chi connectivity index (χ3n) is 2.68. The maximum absolute atomic E-state index is 11.3. The van der Waals surface area contributed by atoms with Crippen molar-refractivity contribution in [2.45, 2.75) is 25.5 Å². The normalized spacial score (nSPS) is 13.9. The Morgan fingerprint density at radius 1 is 1.32 bits per heavy atom. The van der Waals surface area contributed by atoms with E-state index in [4.69, 9.17) is 23.2 Å². The standard InChI is InChI=1S/C12H19Cl2N3OS/c1-4-15-11-9(13)7-10(14)12(17-11)16-6-5-8(2)19(3)18/h7-8H,4-6H2,1-3H3,(H2,15,16,17). The van der Waals surface area contributed by atoms with E-state index in [1.807, 2.05) is 13.8 Å². The van der Waals surface area contributed by atoms with Crippen molar-refractivity contribution in [1.29, 1.82) is 0 Å². The maximum Gasteiger partial charge on any atom is 0.147 e. The van der Waals surface area contributed by atoms with Crippen LogP contribution < -0.4 is 10.6 Å². The first kappa shape index (κ1) is 16.5. The molecule has 0 amide bonds. The zero-order chi connectivity index (χ0) is 14.4. The van der Waals surface area contributed by atoms with Crippen LogP contribution in [-0.4, -0.2) is 33.8 Å². The Bertz CT molecular complexity index is 457. The fourth-order valence-corrected chi connectivity index (χ4v) is 2.38. The van der Waals surface area contributed by atoms with Crippen LogP contribution in [0.15, 0.2) is 6.07 Å². The number of aromatic nitrogens is 1. The molecule has 7 heteroatoms. The highest BCUT2D eigenvalue weighted by Crippen LogP contribution is 2.29. The molecule has 0 aromatic carbocycles. The van der Waals surface area contributed by atoms with Crippen LogP contribution >= 0.6 is 23.2 Å². The van der Waals surface area contributed by atoms with Gasteiger partial charge < -0.3 is 10.6 Å². The van der Waals surface area contributed by atoms with Gasteiger partial charge in [0, 0.05) is 35.4 Å². The Hall–Kier alpha value is -0.520. The highest BCUT2D eigenvalue weighted by molar-refractivity contribution is 7.84. The molecule has 1 heterocycles. The summed E-state index contributed by atoms with van der Waals surface area (Å²) >= 11 is 12.1. The average Bonchev–Trinajstić information content (AvgIpc) is 2.34. The lowest BCUT2D eigenvalue weighted by molar-refractivity contribution is 0.672. The van der Waals surface area contributed by atoms with Crippen molar-refractivity contribution < 1.29 is 4.21 Å². The third kappa shape index (κ3) is 5.16. The van der Waals surface area contributed by atoms with Crippen molar-refractivity contribution in [3.63, 3.8) is 0 Å². The van der Waals surface area contributed by atoms with Gasteiger partial charge >= 0.3 is 0 Å². The number of nitrogens with zero attached hydrogens (tertiary/aromatic N) is 1. The molecule has 0 saturated heterocycles. The molecule has 4 nitrogen and oxygen atoms in total. The Morgan fingerprint density at radius 3 is 2.42 bits per heavy atom. The van der Waals surface area contributed by atoms with E-state index in [2.05, 4.69) is 15.6 Å². The third-order valence-corrected chi connectivity index (χ3v) is 4.63. The minimum Gasteiger partial charge on any atom is -0.369 e. The monoisotopic (exact) mass is 323 g/mol. The molecule has 19 heavy (non-hydrogen) atoms. The number of pyridine rings is 1. The van der Waals surface area contributed by atoms with Crippen molar-refractivity contribution >= 4 is 45.6 Å². The second-order valence-corrected chi connectivity index (χ2v) is 6.82. The van der Waals surface area contributed by atoms with Gasteiger partial charge in [0.25, 0.3) is 0 Å². The van der Waals surface area contributed by atoms with Crippen LogP contribution in [0.2, 0.25) is 10.0 Å². The average molecular weight is 324 g/mol. The molecule has 0 aliphatic carbocycles. The first-order valence-electron chi connectivity index (χ1n) is 6.11. The van der Waals surface area contributed by atoms with Gasteiger partial charge in [-0.1, -0.05) is 30.1 Å². The summed E-state index contributed by atoms with van der Waals surface area (Å²) in [5, 5.41) is 7.35. The molecule has 0 aliphatic rings. The molecule has 0 radical (unpaired) electrons. The van der Waals surface area contributed by atoms with Crippen LogP contribution in [0.25, 0.3) is 0 Å². The summed E-state index contributed by atoms with van der Waals surface area (Å²) in [6.45, 7) is 5.33. The molecule has 0 spiro atoms. The van der Waals surface area contributed by atoms with Crippen LogP contribution in [0.4, 0.5) is 11.6 Å². The lowest BCUT2D eigenvalue weighted by atomic mass is 10.3. The van der Waals surface area contributed by atoms with Crippen molar-refractivity contribution in [3.8, 4) is 0 Å². The number of rotatable bonds is 7. The highest BCUT2D eigenvalue weighted by Gasteiger charge is 2.10. The van der Waals surface area contributed by atoms with Crippen molar-refractivity contribution in [3.05, 3.63) is 16.1 Å². The summed E-state index contributed by atoms with van der Waals surface area (Å²) in [5.74, 6) is 1.21. The summed E-state index contributed by atoms with van der Waals surface area (Å²) in [5.41, 5.74) is 0. The lowest BCUT2D eigenvalue weighted by Gasteiger charge is -2.13. The number of hydrogen-bond acceptors (Lipinski definition) is 4. The Kier molecular flexibility index (Phi) is 6.89. The smallest absolute Gasteiger partial charge is 0.147 e. The lowest BCUT2D eigenvalue weighted by Crippen LogP contribution is -2.15. The summed E-state index contributed by atoms with van der Waals surface area (Å²) in [4.78, 5) is 4.34. The minimum absolute atomic E-state index is 0.145. The van der Waals surface area contributed by atoms with Gasteiger partial charge in [-0.3, -0.25) is 4.21 Å². The van der Waals surface area contributed by atoms with E-state index in [1.165, 1.54) is 0 Å². The highest BCUT2D eigenvalue weighted by atomic mass is 35.5. The van der Waals surface area contributed by atoms with Crippen LogP contribution in [0, 0.1) is 0 Å². The molecule has 108 valence electrons. The number of halogens is 2. The minimum atomic E-state index is -0.811. The van der Waals surface area contributed by atoms with Crippen LogP contribution in [-0.2, 0) is 10.8 Å². The molecule has 0 fully saturated rings. The maximum atomic E-state index is 11.3. The molecule has 2 atom stereocenters. The molecular weight excluding hydrogens is 305 g/mol. The summed E-state index contributed by atoms with van der Waals surface area (Å²) < 4.78 is 11.3. The fraction of sp³-hybridized carbons (Fsp3) is 0.583. The second-order valence-electron chi connectivity index (χ2n) is 4.20. The number of nitrogens with one attached hydrogen (secondary N) is 2. The quantitative estimate of drug-likeness (QED) is 0.807. The Morgan fingerprint density at radius 2 is 1.89 bits per heavy atom. The molecule has 1 rings (SSSR count). The van der Waals surface area contributed by atoms with E-state index >= 15 is 0 Å². The SMILES string of the molecule is CCNc1nc(NCCC(C)S(C)=O)c(Cl)cc1Cl. The first-order chi connectivity index (χ1) is 8.95. The van der Waals surface area contributed by atoms with Gasteiger partial charge in [0.1, 0.15) is 11.6 Å². The van der Waals surface area contributed by atoms with E-state index in [0.29, 0.717) is 28.2 Å². The van der Waals surface area contributed by atoms with Crippen molar-refractivity contribution in [2.75, 3.05) is 30.0 Å². The predicted octanol–water partition coefficient (Wildman–Crippen LogP) is 3.39. The fourth-order valence-electron chi connectivity index (χ4n) is 1.44. The van der Waals surface area contributed by atoms with Crippen LogP contribution in [0.5, 0.6) is 0 Å². The van der Waals surface area contributed by atoms with Crippen LogP contribution in [0.3, 0.4) is 0 Å². The zero-order valence-corrected chi connectivity index (χ0v) is 13.6. The van der Waals surface area contributed by atoms with E-state index in [0.717, 1.165) is 13.0 Å². The van der Waals surface area contributed by atoms with Gasteiger partial charge in [-0.05, 0) is 19.4 Å². The summed E-state index contributed by atoms with van der Waals surface area (Å²) in [6.07, 6.45) is 2.50. The first-order valence-corrected chi connectivity index (χ1v) is 8.49. The van der Waals surface area contributed by atoms with Crippen molar-refractivity contribution in [1.82, 2.24) is 4.98 Å². The van der Waals surface area contributed by atoms with Gasteiger partial charge in [0.2, 0.25) is 0 Å². The molecule has 0 saturated carbocycles. The number of anilines is 2. The van der Waals surface area contributed by atoms with Gasteiger partial charge in [0.15, 0.2) is 0 Å². The van der Waals surface area contributed by atoms with E-state index in [9.17, 15) is 4.21 Å². The molecular formula is C12H19Cl2N3OS.